The molecule has 1 amide bonds. The third-order valence-corrected chi connectivity index (χ3v) is 3.85. The summed E-state index contributed by atoms with van der Waals surface area (Å²) in [6.07, 6.45) is 6.75. The number of aromatic nitrogens is 1. The number of rotatable bonds is 5. The molecule has 22 heavy (non-hydrogen) atoms. The number of carbonyl (C=O) groups excluding carboxylic acids is 1. The van der Waals surface area contributed by atoms with E-state index in [9.17, 15) is 4.79 Å². The maximum atomic E-state index is 12.3. The van der Waals surface area contributed by atoms with Gasteiger partial charge in [-0.05, 0) is 37.6 Å². The monoisotopic (exact) mass is 297 g/mol. The molecule has 2 rings (SSSR count). The lowest BCUT2D eigenvalue weighted by atomic mass is 10.0. The zero-order valence-corrected chi connectivity index (χ0v) is 12.3. The van der Waals surface area contributed by atoms with Gasteiger partial charge in [-0.25, -0.2) is 4.98 Å². The molecule has 1 heterocycles. The Morgan fingerprint density at radius 1 is 1.59 bits per heavy atom. The van der Waals surface area contributed by atoms with Gasteiger partial charge in [-0.15, -0.1) is 0 Å². The number of hydrogen-bond acceptors (Lipinski definition) is 5. The van der Waals surface area contributed by atoms with Crippen LogP contribution in [0.5, 0.6) is 0 Å². The molecule has 6 heteroatoms. The predicted octanol–water partition coefficient (Wildman–Crippen LogP) is 1.50. The lowest BCUT2D eigenvalue weighted by Gasteiger charge is -2.09. The number of aliphatic imine (C=N–C) groups is 1. The number of hydrogen-bond donors (Lipinski definition) is 2. The Hall–Kier alpha value is -2.52. The van der Waals surface area contributed by atoms with Crippen molar-refractivity contribution in [3.05, 3.63) is 36.0 Å². The van der Waals surface area contributed by atoms with Gasteiger partial charge in [0.05, 0.1) is 11.6 Å². The predicted molar refractivity (Wildman–Crippen MR) is 85.3 cm³/mol. The summed E-state index contributed by atoms with van der Waals surface area (Å²) >= 11 is 0. The van der Waals surface area contributed by atoms with Gasteiger partial charge in [-0.3, -0.25) is 9.79 Å². The number of carbonyl (C=O) groups is 1. The molecule has 3 unspecified atom stereocenters. The van der Waals surface area contributed by atoms with Crippen molar-refractivity contribution in [1.82, 2.24) is 4.98 Å². The molecular formula is C16H19N5O. The Morgan fingerprint density at radius 3 is 3.00 bits per heavy atom. The molecule has 0 aliphatic heterocycles. The number of anilines is 1. The molecule has 0 aromatic carbocycles. The molecule has 114 valence electrons. The highest BCUT2D eigenvalue weighted by Crippen LogP contribution is 2.34. The summed E-state index contributed by atoms with van der Waals surface area (Å²) in [6, 6.07) is 5.29. The van der Waals surface area contributed by atoms with Crippen LogP contribution in [-0.4, -0.2) is 30.2 Å². The molecule has 1 fully saturated rings. The van der Waals surface area contributed by atoms with Crippen LogP contribution in [0.2, 0.25) is 0 Å². The number of nitrogens with zero attached hydrogens (tertiary/aromatic N) is 3. The number of pyridine rings is 1. The van der Waals surface area contributed by atoms with E-state index in [0.717, 1.165) is 6.42 Å². The molecule has 0 radical (unpaired) electrons. The topological polar surface area (TPSA) is 104 Å². The van der Waals surface area contributed by atoms with Crippen molar-refractivity contribution >= 4 is 18.4 Å². The minimum Gasteiger partial charge on any atom is -0.327 e. The molecule has 3 N–H and O–H groups in total. The zero-order chi connectivity index (χ0) is 15.9. The number of nitriles is 1. The fraction of sp³-hybridized carbons (Fsp3) is 0.375. The molecule has 6 nitrogen and oxygen atoms in total. The summed E-state index contributed by atoms with van der Waals surface area (Å²) in [4.78, 5) is 20.5. The van der Waals surface area contributed by atoms with Crippen LogP contribution in [0.25, 0.3) is 0 Å². The first-order valence-electron chi connectivity index (χ1n) is 7.17. The van der Waals surface area contributed by atoms with Crippen molar-refractivity contribution in [3.8, 4) is 6.07 Å². The van der Waals surface area contributed by atoms with Gasteiger partial charge in [-0.2, -0.15) is 5.26 Å². The first kappa shape index (κ1) is 15.9. The van der Waals surface area contributed by atoms with Crippen molar-refractivity contribution in [2.75, 3.05) is 11.9 Å². The highest BCUT2D eigenvalue weighted by molar-refractivity contribution is 5.92. The normalized spacial score (nSPS) is 24.1. The van der Waals surface area contributed by atoms with Crippen LogP contribution in [0, 0.1) is 23.2 Å². The molecule has 1 aliphatic rings. The maximum Gasteiger partial charge on any atom is 0.228 e. The molecule has 0 spiro atoms. The Labute approximate surface area is 129 Å². The van der Waals surface area contributed by atoms with Gasteiger partial charge in [-0.1, -0.05) is 12.2 Å². The van der Waals surface area contributed by atoms with E-state index in [0.29, 0.717) is 24.3 Å². The smallest absolute Gasteiger partial charge is 0.228 e. The van der Waals surface area contributed by atoms with Crippen LogP contribution >= 0.6 is 0 Å². The van der Waals surface area contributed by atoms with E-state index in [1.807, 2.05) is 18.2 Å². The number of amides is 1. The summed E-state index contributed by atoms with van der Waals surface area (Å²) in [5, 5.41) is 11.5. The van der Waals surface area contributed by atoms with Crippen molar-refractivity contribution in [2.45, 2.75) is 18.9 Å². The Bertz CT molecular complexity index is 602. The van der Waals surface area contributed by atoms with Crippen molar-refractivity contribution in [1.29, 1.82) is 5.26 Å². The van der Waals surface area contributed by atoms with Gasteiger partial charge in [0, 0.05) is 18.7 Å². The highest BCUT2D eigenvalue weighted by Gasteiger charge is 2.36. The average molecular weight is 297 g/mol. The van der Waals surface area contributed by atoms with Crippen molar-refractivity contribution in [2.24, 2.45) is 22.6 Å². The van der Waals surface area contributed by atoms with E-state index in [2.05, 4.69) is 22.0 Å². The third kappa shape index (κ3) is 3.77. The molecule has 1 aliphatic carbocycles. The largest absolute Gasteiger partial charge is 0.327 e. The van der Waals surface area contributed by atoms with Crippen molar-refractivity contribution < 1.29 is 4.79 Å². The van der Waals surface area contributed by atoms with Gasteiger partial charge in [0.15, 0.2) is 0 Å². The summed E-state index contributed by atoms with van der Waals surface area (Å²) in [5.41, 5.74) is 5.93. The number of nitrogens with two attached hydrogens (primary N) is 1. The maximum absolute atomic E-state index is 12.3. The van der Waals surface area contributed by atoms with E-state index in [-0.39, 0.29) is 23.8 Å². The van der Waals surface area contributed by atoms with E-state index < -0.39 is 0 Å². The van der Waals surface area contributed by atoms with Crippen LogP contribution in [0.3, 0.4) is 0 Å². The van der Waals surface area contributed by atoms with Crippen LogP contribution in [0.4, 0.5) is 5.82 Å². The van der Waals surface area contributed by atoms with Crippen LogP contribution in [0.1, 0.15) is 18.4 Å². The van der Waals surface area contributed by atoms with Crippen LogP contribution < -0.4 is 11.1 Å². The van der Waals surface area contributed by atoms with Gasteiger partial charge in [0.1, 0.15) is 11.9 Å². The van der Waals surface area contributed by atoms with E-state index in [1.165, 1.54) is 6.20 Å². The summed E-state index contributed by atoms with van der Waals surface area (Å²) < 4.78 is 0. The lowest BCUT2D eigenvalue weighted by Crippen LogP contribution is -2.21. The minimum absolute atomic E-state index is 0.0486. The molecule has 1 saturated carbocycles. The first-order valence-corrected chi connectivity index (χ1v) is 7.17. The van der Waals surface area contributed by atoms with E-state index in [4.69, 9.17) is 11.0 Å². The summed E-state index contributed by atoms with van der Waals surface area (Å²) in [6.45, 7) is 4.09. The second-order valence-electron chi connectivity index (χ2n) is 5.28. The Kier molecular flexibility index (Phi) is 5.39. The van der Waals surface area contributed by atoms with Gasteiger partial charge >= 0.3 is 0 Å². The third-order valence-electron chi connectivity index (χ3n) is 3.85. The first-order chi connectivity index (χ1) is 10.7. The standard InChI is InChI=1S/C16H19N5O/c1-19-14-8-13(7-12(14)3-2-6-17)16(22)21-15-5-4-11(9-18)10-20-15/h2-5,10,12-14H,1,6-8,17H2,(H,20,21,22)/b3-2+. The Balaban J connectivity index is 1.99. The minimum atomic E-state index is -0.125. The summed E-state index contributed by atoms with van der Waals surface area (Å²) in [7, 11) is 0. The van der Waals surface area contributed by atoms with Gasteiger partial charge < -0.3 is 11.1 Å². The van der Waals surface area contributed by atoms with Crippen LogP contribution in [-0.2, 0) is 4.79 Å². The van der Waals surface area contributed by atoms with Crippen molar-refractivity contribution in [3.63, 3.8) is 0 Å². The number of nitrogens with one attached hydrogen (secondary N) is 1. The average Bonchev–Trinajstić information content (AvgIpc) is 2.97. The molecule has 0 bridgehead atoms. The molecular weight excluding hydrogens is 278 g/mol. The second kappa shape index (κ2) is 7.48. The van der Waals surface area contributed by atoms with Gasteiger partial charge in [0.2, 0.25) is 5.91 Å². The van der Waals surface area contributed by atoms with Crippen LogP contribution in [0.15, 0.2) is 35.5 Å². The molecule has 1 aromatic heterocycles. The fourth-order valence-corrected chi connectivity index (χ4v) is 2.69. The zero-order valence-electron chi connectivity index (χ0n) is 12.3. The summed E-state index contributed by atoms with van der Waals surface area (Å²) in [5.74, 6) is 0.452. The molecule has 1 aromatic rings. The second-order valence-corrected chi connectivity index (χ2v) is 5.28. The quantitative estimate of drug-likeness (QED) is 0.634. The lowest BCUT2D eigenvalue weighted by molar-refractivity contribution is -0.119. The fourth-order valence-electron chi connectivity index (χ4n) is 2.69. The SMILES string of the molecule is C=NC1CC(C(=O)Nc2ccc(C#N)cn2)CC1/C=C/CN. The molecule has 0 saturated heterocycles. The Morgan fingerprint density at radius 2 is 2.41 bits per heavy atom. The molecule has 3 atom stereocenters. The highest BCUT2D eigenvalue weighted by atomic mass is 16.1. The van der Waals surface area contributed by atoms with E-state index >= 15 is 0 Å². The van der Waals surface area contributed by atoms with Gasteiger partial charge in [0.25, 0.3) is 0 Å². The van der Waals surface area contributed by atoms with E-state index in [1.54, 1.807) is 12.1 Å².